The normalized spacial score (nSPS) is 31.2. The van der Waals surface area contributed by atoms with Gasteiger partial charge in [-0.25, -0.2) is 0 Å². The highest BCUT2D eigenvalue weighted by atomic mass is 16.2. The fourth-order valence-electron chi connectivity index (χ4n) is 2.29. The van der Waals surface area contributed by atoms with Gasteiger partial charge in [0.2, 0.25) is 11.8 Å². The van der Waals surface area contributed by atoms with E-state index >= 15 is 0 Å². The van der Waals surface area contributed by atoms with Gasteiger partial charge in [-0.15, -0.1) is 0 Å². The Morgan fingerprint density at radius 2 is 2.21 bits per heavy atom. The Morgan fingerprint density at radius 3 is 2.86 bits per heavy atom. The van der Waals surface area contributed by atoms with E-state index in [0.29, 0.717) is 12.3 Å². The van der Waals surface area contributed by atoms with Gasteiger partial charge >= 0.3 is 0 Å². The minimum Gasteiger partial charge on any atom is -0.334 e. The highest BCUT2D eigenvalue weighted by Gasteiger charge is 2.45. The molecule has 0 bridgehead atoms. The second-order valence-electron chi connectivity index (χ2n) is 4.51. The van der Waals surface area contributed by atoms with Crippen LogP contribution < -0.4 is 5.32 Å². The van der Waals surface area contributed by atoms with Crippen LogP contribution >= 0.6 is 0 Å². The van der Waals surface area contributed by atoms with Crippen LogP contribution in [0.3, 0.4) is 0 Å². The van der Waals surface area contributed by atoms with Crippen molar-refractivity contribution >= 4 is 11.8 Å². The summed E-state index contributed by atoms with van der Waals surface area (Å²) < 4.78 is 0. The maximum Gasteiger partial charge on any atom is 0.244 e. The molecule has 0 saturated carbocycles. The SMILES string of the molecule is CC(C)C[C@H]1C(=O)NC2CCC(=O)N21. The molecule has 2 atom stereocenters. The number of nitrogens with one attached hydrogen (secondary N) is 1. The summed E-state index contributed by atoms with van der Waals surface area (Å²) in [6, 6.07) is -0.213. The molecule has 1 N–H and O–H groups in total. The molecule has 4 nitrogen and oxygen atoms in total. The molecule has 2 aliphatic rings. The zero-order valence-corrected chi connectivity index (χ0v) is 8.62. The van der Waals surface area contributed by atoms with E-state index in [1.165, 1.54) is 0 Å². The van der Waals surface area contributed by atoms with Gasteiger partial charge < -0.3 is 10.2 Å². The van der Waals surface area contributed by atoms with E-state index in [4.69, 9.17) is 0 Å². The Labute approximate surface area is 83.6 Å². The van der Waals surface area contributed by atoms with Crippen LogP contribution in [-0.2, 0) is 9.59 Å². The summed E-state index contributed by atoms with van der Waals surface area (Å²) in [5, 5.41) is 2.87. The van der Waals surface area contributed by atoms with E-state index < -0.39 is 0 Å². The Morgan fingerprint density at radius 1 is 1.50 bits per heavy atom. The van der Waals surface area contributed by atoms with Gasteiger partial charge in [-0.3, -0.25) is 9.59 Å². The molecular weight excluding hydrogens is 180 g/mol. The first-order chi connectivity index (χ1) is 6.59. The molecular formula is C10H16N2O2. The predicted molar refractivity (Wildman–Crippen MR) is 51.3 cm³/mol. The van der Waals surface area contributed by atoms with E-state index in [1.54, 1.807) is 4.90 Å². The van der Waals surface area contributed by atoms with Gasteiger partial charge in [0.15, 0.2) is 0 Å². The molecule has 2 rings (SSSR count). The minimum absolute atomic E-state index is 0.0150. The third-order valence-corrected chi connectivity index (χ3v) is 2.90. The molecule has 2 amide bonds. The maximum atomic E-state index is 11.6. The summed E-state index contributed by atoms with van der Waals surface area (Å²) >= 11 is 0. The van der Waals surface area contributed by atoms with E-state index in [-0.39, 0.29) is 24.0 Å². The monoisotopic (exact) mass is 196 g/mol. The van der Waals surface area contributed by atoms with E-state index in [9.17, 15) is 9.59 Å². The number of nitrogens with zero attached hydrogens (tertiary/aromatic N) is 1. The number of hydrogen-bond acceptors (Lipinski definition) is 2. The number of carbonyl (C=O) groups excluding carboxylic acids is 2. The fraction of sp³-hybridized carbons (Fsp3) is 0.800. The maximum absolute atomic E-state index is 11.6. The Balaban J connectivity index is 2.14. The molecule has 0 radical (unpaired) electrons. The molecule has 0 aliphatic carbocycles. The number of fused-ring (bicyclic) bond motifs is 1. The molecule has 14 heavy (non-hydrogen) atoms. The van der Waals surface area contributed by atoms with E-state index in [1.807, 2.05) is 0 Å². The van der Waals surface area contributed by atoms with E-state index in [0.717, 1.165) is 12.8 Å². The highest BCUT2D eigenvalue weighted by molar-refractivity contribution is 5.92. The smallest absolute Gasteiger partial charge is 0.244 e. The van der Waals surface area contributed by atoms with Gasteiger partial charge in [0.1, 0.15) is 12.2 Å². The van der Waals surface area contributed by atoms with Crippen molar-refractivity contribution < 1.29 is 9.59 Å². The predicted octanol–water partition coefficient (Wildman–Crippen LogP) is 0.479. The Bertz CT molecular complexity index is 275. The Kier molecular flexibility index (Phi) is 2.21. The summed E-state index contributed by atoms with van der Waals surface area (Å²) in [6.07, 6.45) is 2.12. The van der Waals surface area contributed by atoms with Crippen molar-refractivity contribution in [2.75, 3.05) is 0 Å². The minimum atomic E-state index is -0.213. The van der Waals surface area contributed by atoms with E-state index in [2.05, 4.69) is 19.2 Å². The van der Waals surface area contributed by atoms with Gasteiger partial charge in [0, 0.05) is 6.42 Å². The second-order valence-corrected chi connectivity index (χ2v) is 4.51. The second kappa shape index (κ2) is 3.26. The van der Waals surface area contributed by atoms with Crippen LogP contribution in [0.1, 0.15) is 33.1 Å². The number of hydrogen-bond donors (Lipinski definition) is 1. The zero-order valence-electron chi connectivity index (χ0n) is 8.62. The summed E-state index contributed by atoms with van der Waals surface area (Å²) in [5.74, 6) is 0.591. The average Bonchev–Trinajstić information content (AvgIpc) is 2.56. The highest BCUT2D eigenvalue weighted by Crippen LogP contribution is 2.27. The molecule has 0 aromatic carbocycles. The van der Waals surface area contributed by atoms with Crippen molar-refractivity contribution in [3.63, 3.8) is 0 Å². The Hall–Kier alpha value is -1.06. The molecule has 0 aromatic heterocycles. The average molecular weight is 196 g/mol. The lowest BCUT2D eigenvalue weighted by atomic mass is 10.0. The largest absolute Gasteiger partial charge is 0.334 e. The van der Waals surface area contributed by atoms with Gasteiger partial charge in [0.25, 0.3) is 0 Å². The summed E-state index contributed by atoms with van der Waals surface area (Å²) in [7, 11) is 0. The van der Waals surface area contributed by atoms with Crippen LogP contribution in [-0.4, -0.2) is 28.9 Å². The summed E-state index contributed by atoms with van der Waals surface area (Å²) in [6.45, 7) is 4.14. The zero-order chi connectivity index (χ0) is 10.3. The summed E-state index contributed by atoms with van der Waals surface area (Å²) in [5.41, 5.74) is 0. The van der Waals surface area contributed by atoms with Crippen molar-refractivity contribution in [3.05, 3.63) is 0 Å². The van der Waals surface area contributed by atoms with Crippen LogP contribution in [0.25, 0.3) is 0 Å². The van der Waals surface area contributed by atoms with Crippen LogP contribution in [0.4, 0.5) is 0 Å². The van der Waals surface area contributed by atoms with Crippen molar-refractivity contribution in [2.24, 2.45) is 5.92 Å². The van der Waals surface area contributed by atoms with Crippen molar-refractivity contribution in [1.29, 1.82) is 0 Å². The molecule has 1 unspecified atom stereocenters. The lowest BCUT2D eigenvalue weighted by molar-refractivity contribution is -0.133. The van der Waals surface area contributed by atoms with Crippen LogP contribution in [0, 0.1) is 5.92 Å². The quantitative estimate of drug-likeness (QED) is 0.698. The topological polar surface area (TPSA) is 49.4 Å². The first-order valence-electron chi connectivity index (χ1n) is 5.21. The number of rotatable bonds is 2. The molecule has 4 heteroatoms. The molecule has 78 valence electrons. The van der Waals surface area contributed by atoms with Crippen molar-refractivity contribution in [2.45, 2.75) is 45.3 Å². The third-order valence-electron chi connectivity index (χ3n) is 2.90. The molecule has 0 spiro atoms. The van der Waals surface area contributed by atoms with Gasteiger partial charge in [-0.2, -0.15) is 0 Å². The van der Waals surface area contributed by atoms with Gasteiger partial charge in [-0.05, 0) is 18.8 Å². The molecule has 2 heterocycles. The van der Waals surface area contributed by atoms with Gasteiger partial charge in [-0.1, -0.05) is 13.8 Å². The van der Waals surface area contributed by atoms with Gasteiger partial charge in [0.05, 0.1) is 0 Å². The number of amides is 2. The first-order valence-corrected chi connectivity index (χ1v) is 5.21. The lowest BCUT2D eigenvalue weighted by Crippen LogP contribution is -2.38. The fourth-order valence-corrected chi connectivity index (χ4v) is 2.29. The molecule has 2 aliphatic heterocycles. The van der Waals surface area contributed by atoms with Crippen LogP contribution in [0.2, 0.25) is 0 Å². The first kappa shape index (κ1) is 9.49. The number of carbonyl (C=O) groups is 2. The van der Waals surface area contributed by atoms with Crippen molar-refractivity contribution in [3.8, 4) is 0 Å². The van der Waals surface area contributed by atoms with Crippen LogP contribution in [0.15, 0.2) is 0 Å². The van der Waals surface area contributed by atoms with Crippen molar-refractivity contribution in [1.82, 2.24) is 10.2 Å². The molecule has 0 aromatic rings. The van der Waals surface area contributed by atoms with Crippen LogP contribution in [0.5, 0.6) is 0 Å². The molecule has 2 saturated heterocycles. The standard InChI is InChI=1S/C10H16N2O2/c1-6(2)5-7-10(14)11-8-3-4-9(13)12(7)8/h6-8H,3-5H2,1-2H3,(H,11,14)/t7-,8?/m0/s1. The molecule has 2 fully saturated rings. The third kappa shape index (κ3) is 1.38. The summed E-state index contributed by atoms with van der Waals surface area (Å²) in [4.78, 5) is 24.8. The lowest BCUT2D eigenvalue weighted by Gasteiger charge is -2.22.